The van der Waals surface area contributed by atoms with Crippen molar-refractivity contribution in [3.8, 4) is 6.07 Å². The fraction of sp³-hybridized carbons (Fsp3) is 0. The Kier molecular flexibility index (Phi) is 3.18. The lowest BCUT2D eigenvalue weighted by Crippen LogP contribution is -1.91. The summed E-state index contributed by atoms with van der Waals surface area (Å²) >= 11 is 3.40. The van der Waals surface area contributed by atoms with Gasteiger partial charge in [-0.2, -0.15) is 5.26 Å². The topological polar surface area (TPSA) is 48.7 Å². The second kappa shape index (κ2) is 4.77. The highest BCUT2D eigenvalue weighted by Crippen LogP contribution is 2.20. The van der Waals surface area contributed by atoms with Gasteiger partial charge in [0.1, 0.15) is 11.8 Å². The van der Waals surface area contributed by atoms with Crippen molar-refractivity contribution >= 4 is 27.3 Å². The summed E-state index contributed by atoms with van der Waals surface area (Å²) in [6.07, 6.45) is 1.61. The summed E-state index contributed by atoms with van der Waals surface area (Å²) in [5.74, 6) is 0. The second-order valence-corrected chi connectivity index (χ2v) is 4.09. The van der Waals surface area contributed by atoms with E-state index in [1.54, 1.807) is 12.3 Å². The van der Waals surface area contributed by atoms with E-state index in [9.17, 15) is 0 Å². The van der Waals surface area contributed by atoms with Crippen LogP contribution in [-0.2, 0) is 0 Å². The fourth-order valence-electron chi connectivity index (χ4n) is 1.30. The molecule has 3 nitrogen and oxygen atoms in total. The molecule has 1 aromatic heterocycles. The zero-order valence-corrected chi connectivity index (χ0v) is 9.90. The molecule has 4 heteroatoms. The molecular formula is C12H8BrN3. The minimum atomic E-state index is 0.403. The summed E-state index contributed by atoms with van der Waals surface area (Å²) in [5, 5.41) is 11.9. The van der Waals surface area contributed by atoms with E-state index in [1.165, 1.54) is 0 Å². The monoisotopic (exact) mass is 273 g/mol. The number of anilines is 2. The molecule has 0 unspecified atom stereocenters. The van der Waals surface area contributed by atoms with E-state index in [-0.39, 0.29) is 0 Å². The van der Waals surface area contributed by atoms with E-state index in [0.29, 0.717) is 5.69 Å². The Balaban J connectivity index is 2.24. The lowest BCUT2D eigenvalue weighted by atomic mass is 10.3. The highest BCUT2D eigenvalue weighted by atomic mass is 79.9. The largest absolute Gasteiger partial charge is 0.355 e. The number of nitrogens with zero attached hydrogens (tertiary/aromatic N) is 2. The Morgan fingerprint density at radius 3 is 2.75 bits per heavy atom. The highest BCUT2D eigenvalue weighted by Gasteiger charge is 1.97. The zero-order valence-electron chi connectivity index (χ0n) is 8.31. The quantitative estimate of drug-likeness (QED) is 0.912. The van der Waals surface area contributed by atoms with Crippen molar-refractivity contribution < 1.29 is 0 Å². The van der Waals surface area contributed by atoms with Crippen LogP contribution in [-0.4, -0.2) is 4.98 Å². The first-order valence-electron chi connectivity index (χ1n) is 4.67. The van der Waals surface area contributed by atoms with Crippen LogP contribution in [0.25, 0.3) is 0 Å². The SMILES string of the molecule is N#Cc1cc(Nc2cccc(Br)c2)ccn1. The van der Waals surface area contributed by atoms with Crippen LogP contribution in [0.15, 0.2) is 47.1 Å². The summed E-state index contributed by atoms with van der Waals surface area (Å²) in [6, 6.07) is 13.4. The maximum absolute atomic E-state index is 8.72. The molecule has 1 heterocycles. The molecule has 0 saturated heterocycles. The number of nitriles is 1. The molecule has 0 aliphatic heterocycles. The van der Waals surface area contributed by atoms with E-state index in [2.05, 4.69) is 26.2 Å². The van der Waals surface area contributed by atoms with Gasteiger partial charge in [-0.15, -0.1) is 0 Å². The molecule has 1 N–H and O–H groups in total. The summed E-state index contributed by atoms with van der Waals surface area (Å²) in [5.41, 5.74) is 2.22. The minimum Gasteiger partial charge on any atom is -0.355 e. The van der Waals surface area contributed by atoms with Gasteiger partial charge in [-0.3, -0.25) is 0 Å². The summed E-state index contributed by atoms with van der Waals surface area (Å²) < 4.78 is 1.01. The Morgan fingerprint density at radius 2 is 2.00 bits per heavy atom. The Labute approximate surface area is 102 Å². The highest BCUT2D eigenvalue weighted by molar-refractivity contribution is 9.10. The van der Waals surface area contributed by atoms with Crippen molar-refractivity contribution in [1.82, 2.24) is 4.98 Å². The number of rotatable bonds is 2. The van der Waals surface area contributed by atoms with Crippen molar-refractivity contribution in [1.29, 1.82) is 5.26 Å². The van der Waals surface area contributed by atoms with Gasteiger partial charge in [0.15, 0.2) is 0 Å². The van der Waals surface area contributed by atoms with Gasteiger partial charge in [-0.05, 0) is 30.3 Å². The molecule has 0 radical (unpaired) electrons. The van der Waals surface area contributed by atoms with E-state index >= 15 is 0 Å². The zero-order chi connectivity index (χ0) is 11.4. The van der Waals surface area contributed by atoms with Gasteiger partial charge < -0.3 is 5.32 Å². The summed E-state index contributed by atoms with van der Waals surface area (Å²) in [7, 11) is 0. The first-order valence-corrected chi connectivity index (χ1v) is 5.46. The average molecular weight is 274 g/mol. The number of halogens is 1. The van der Waals surface area contributed by atoms with Gasteiger partial charge in [0, 0.05) is 22.0 Å². The Morgan fingerprint density at radius 1 is 1.19 bits per heavy atom. The van der Waals surface area contributed by atoms with Gasteiger partial charge >= 0.3 is 0 Å². The first kappa shape index (κ1) is 10.7. The second-order valence-electron chi connectivity index (χ2n) is 3.18. The molecule has 1 aromatic carbocycles. The third-order valence-electron chi connectivity index (χ3n) is 1.99. The molecule has 0 spiro atoms. The van der Waals surface area contributed by atoms with Crippen LogP contribution < -0.4 is 5.32 Å². The van der Waals surface area contributed by atoms with Gasteiger partial charge in [0.05, 0.1) is 0 Å². The molecule has 0 aliphatic rings. The van der Waals surface area contributed by atoms with Crippen molar-refractivity contribution in [2.24, 2.45) is 0 Å². The van der Waals surface area contributed by atoms with E-state index in [4.69, 9.17) is 5.26 Å². The fourth-order valence-corrected chi connectivity index (χ4v) is 1.70. The van der Waals surface area contributed by atoms with Crippen LogP contribution in [0, 0.1) is 11.3 Å². The molecule has 78 valence electrons. The number of pyridine rings is 1. The van der Waals surface area contributed by atoms with Crippen molar-refractivity contribution in [3.05, 3.63) is 52.8 Å². The molecule has 0 atom stereocenters. The predicted molar refractivity (Wildman–Crippen MR) is 66.4 cm³/mol. The Bertz CT molecular complexity index is 546. The maximum Gasteiger partial charge on any atom is 0.142 e. The molecule has 0 amide bonds. The van der Waals surface area contributed by atoms with Crippen molar-refractivity contribution in [2.45, 2.75) is 0 Å². The predicted octanol–water partition coefficient (Wildman–Crippen LogP) is 3.46. The molecule has 0 aliphatic carbocycles. The maximum atomic E-state index is 8.72. The van der Waals surface area contributed by atoms with Crippen LogP contribution >= 0.6 is 15.9 Å². The molecule has 0 fully saturated rings. The Hall–Kier alpha value is -1.86. The summed E-state index contributed by atoms with van der Waals surface area (Å²) in [6.45, 7) is 0. The summed E-state index contributed by atoms with van der Waals surface area (Å²) in [4.78, 5) is 3.91. The van der Waals surface area contributed by atoms with E-state index in [0.717, 1.165) is 15.8 Å². The third-order valence-corrected chi connectivity index (χ3v) is 2.48. The first-order chi connectivity index (χ1) is 7.78. The minimum absolute atomic E-state index is 0.403. The third kappa shape index (κ3) is 2.59. The van der Waals surface area contributed by atoms with Crippen LogP contribution in [0.3, 0.4) is 0 Å². The number of hydrogen-bond donors (Lipinski definition) is 1. The lowest BCUT2D eigenvalue weighted by Gasteiger charge is -2.06. The van der Waals surface area contributed by atoms with Gasteiger partial charge in [-0.25, -0.2) is 4.98 Å². The molecule has 0 bridgehead atoms. The van der Waals surface area contributed by atoms with Gasteiger partial charge in [0.25, 0.3) is 0 Å². The van der Waals surface area contributed by atoms with E-state index < -0.39 is 0 Å². The molecule has 2 aromatic rings. The normalized spacial score (nSPS) is 9.50. The number of benzene rings is 1. The lowest BCUT2D eigenvalue weighted by molar-refractivity contribution is 1.26. The molecular weight excluding hydrogens is 266 g/mol. The van der Waals surface area contributed by atoms with Gasteiger partial charge in [-0.1, -0.05) is 22.0 Å². The number of hydrogen-bond acceptors (Lipinski definition) is 3. The molecule has 0 saturated carbocycles. The van der Waals surface area contributed by atoms with Gasteiger partial charge in [0.2, 0.25) is 0 Å². The number of aromatic nitrogens is 1. The smallest absolute Gasteiger partial charge is 0.142 e. The standard InChI is InChI=1S/C12H8BrN3/c13-9-2-1-3-10(6-9)16-11-4-5-15-12(7-11)8-14/h1-7H,(H,15,16). The van der Waals surface area contributed by atoms with E-state index in [1.807, 2.05) is 36.4 Å². The average Bonchev–Trinajstić information content (AvgIpc) is 2.29. The molecule has 16 heavy (non-hydrogen) atoms. The molecule has 2 rings (SSSR count). The van der Waals surface area contributed by atoms with Crippen LogP contribution in [0.2, 0.25) is 0 Å². The van der Waals surface area contributed by atoms with Crippen molar-refractivity contribution in [2.75, 3.05) is 5.32 Å². The van der Waals surface area contributed by atoms with Crippen LogP contribution in [0.5, 0.6) is 0 Å². The number of nitrogens with one attached hydrogen (secondary N) is 1. The van der Waals surface area contributed by atoms with Crippen LogP contribution in [0.4, 0.5) is 11.4 Å². The van der Waals surface area contributed by atoms with Crippen LogP contribution in [0.1, 0.15) is 5.69 Å². The van der Waals surface area contributed by atoms with Crippen molar-refractivity contribution in [3.63, 3.8) is 0 Å².